The molecule has 0 atom stereocenters. The van der Waals surface area contributed by atoms with Crippen LogP contribution in [0.5, 0.6) is 0 Å². The average molecular weight is 337 g/mol. The van der Waals surface area contributed by atoms with Gasteiger partial charge in [0.05, 0.1) is 16.7 Å². The number of aromatic nitrogens is 3. The fourth-order valence-corrected chi connectivity index (χ4v) is 2.80. The first-order valence-electron chi connectivity index (χ1n) is 6.96. The van der Waals surface area contributed by atoms with Gasteiger partial charge in [0.2, 0.25) is 0 Å². The van der Waals surface area contributed by atoms with Crippen LogP contribution in [0.3, 0.4) is 0 Å². The Labute approximate surface area is 141 Å². The number of nitro benzene ring substituents is 1. The van der Waals surface area contributed by atoms with E-state index in [1.54, 1.807) is 12.1 Å². The molecule has 3 rings (SSSR count). The molecule has 1 aromatic heterocycles. The zero-order valence-electron chi connectivity index (χ0n) is 12.4. The first kappa shape index (κ1) is 15.7. The van der Waals surface area contributed by atoms with E-state index in [-0.39, 0.29) is 11.4 Å². The molecular formula is C16H11N5O2S. The third-order valence-electron chi connectivity index (χ3n) is 3.25. The molecule has 0 radical (unpaired) electrons. The minimum absolute atomic E-state index is 0.0172. The largest absolute Gasteiger partial charge is 0.270 e. The van der Waals surface area contributed by atoms with Crippen LogP contribution in [0.4, 0.5) is 5.69 Å². The summed E-state index contributed by atoms with van der Waals surface area (Å²) < 4.78 is 1.84. The summed E-state index contributed by atoms with van der Waals surface area (Å²) in [6.07, 6.45) is 0. The molecule has 3 aromatic rings. The van der Waals surface area contributed by atoms with Gasteiger partial charge in [0.15, 0.2) is 11.0 Å². The topological polar surface area (TPSA) is 97.6 Å². The molecule has 0 aliphatic heterocycles. The SMILES string of the molecule is N#CCSc1nnc(-c2ccc([N+](=O)[O-])cc2)n1-c1ccccc1. The van der Waals surface area contributed by atoms with E-state index in [1.807, 2.05) is 34.9 Å². The van der Waals surface area contributed by atoms with Crippen molar-refractivity contribution >= 4 is 17.4 Å². The standard InChI is InChI=1S/C16H11N5O2S/c17-10-11-24-16-19-18-15(20(16)13-4-2-1-3-5-13)12-6-8-14(9-7-12)21(22)23/h1-9H,11H2. The zero-order valence-corrected chi connectivity index (χ0v) is 13.2. The van der Waals surface area contributed by atoms with Crippen LogP contribution >= 0.6 is 11.8 Å². The fraction of sp³-hybridized carbons (Fsp3) is 0.0625. The highest BCUT2D eigenvalue weighted by atomic mass is 32.2. The molecule has 0 unspecified atom stereocenters. The Kier molecular flexibility index (Phi) is 4.54. The van der Waals surface area contributed by atoms with Crippen LogP contribution in [-0.2, 0) is 0 Å². The highest BCUT2D eigenvalue weighted by Crippen LogP contribution is 2.28. The van der Waals surface area contributed by atoms with E-state index in [0.717, 1.165) is 5.69 Å². The maximum Gasteiger partial charge on any atom is 0.269 e. The molecule has 0 N–H and O–H groups in total. The third kappa shape index (κ3) is 3.11. The second-order valence-corrected chi connectivity index (χ2v) is 5.67. The van der Waals surface area contributed by atoms with E-state index in [4.69, 9.17) is 5.26 Å². The number of rotatable bonds is 5. The highest BCUT2D eigenvalue weighted by Gasteiger charge is 2.16. The summed E-state index contributed by atoms with van der Waals surface area (Å²) in [5.74, 6) is 0.821. The van der Waals surface area contributed by atoms with Crippen molar-refractivity contribution in [2.75, 3.05) is 5.75 Å². The van der Waals surface area contributed by atoms with Crippen LogP contribution < -0.4 is 0 Å². The van der Waals surface area contributed by atoms with Crippen molar-refractivity contribution in [1.82, 2.24) is 14.8 Å². The van der Waals surface area contributed by atoms with Gasteiger partial charge in [-0.05, 0) is 24.3 Å². The molecule has 7 nitrogen and oxygen atoms in total. The Morgan fingerprint density at radius 1 is 1.12 bits per heavy atom. The number of hydrogen-bond donors (Lipinski definition) is 0. The van der Waals surface area contributed by atoms with Crippen molar-refractivity contribution in [3.05, 3.63) is 64.7 Å². The summed E-state index contributed by atoms with van der Waals surface area (Å²) in [6, 6.07) is 17.7. The summed E-state index contributed by atoms with van der Waals surface area (Å²) in [4.78, 5) is 10.4. The lowest BCUT2D eigenvalue weighted by atomic mass is 10.2. The molecule has 118 valence electrons. The molecule has 0 spiro atoms. The van der Waals surface area contributed by atoms with Gasteiger partial charge >= 0.3 is 0 Å². The number of non-ortho nitro benzene ring substituents is 1. The third-order valence-corrected chi connectivity index (χ3v) is 4.05. The molecule has 24 heavy (non-hydrogen) atoms. The van der Waals surface area contributed by atoms with Crippen LogP contribution in [-0.4, -0.2) is 25.4 Å². The van der Waals surface area contributed by atoms with Gasteiger partial charge in [0.1, 0.15) is 0 Å². The molecule has 0 fully saturated rings. The molecule has 0 bridgehead atoms. The molecule has 0 aliphatic rings. The Bertz CT molecular complexity index is 900. The van der Waals surface area contributed by atoms with E-state index < -0.39 is 4.92 Å². The number of thioether (sulfide) groups is 1. The summed E-state index contributed by atoms with van der Waals surface area (Å²) >= 11 is 1.29. The summed E-state index contributed by atoms with van der Waals surface area (Å²) in [5.41, 5.74) is 1.58. The van der Waals surface area contributed by atoms with Gasteiger partial charge < -0.3 is 0 Å². The molecule has 0 saturated carbocycles. The fourth-order valence-electron chi connectivity index (χ4n) is 2.19. The number of nitro groups is 1. The summed E-state index contributed by atoms with van der Waals surface area (Å²) in [7, 11) is 0. The maximum absolute atomic E-state index is 10.8. The molecule has 8 heteroatoms. The van der Waals surface area contributed by atoms with Gasteiger partial charge in [0.25, 0.3) is 5.69 Å². The molecular weight excluding hydrogens is 326 g/mol. The highest BCUT2D eigenvalue weighted by molar-refractivity contribution is 7.99. The van der Waals surface area contributed by atoms with Crippen molar-refractivity contribution in [3.63, 3.8) is 0 Å². The number of nitriles is 1. The van der Waals surface area contributed by atoms with Crippen molar-refractivity contribution in [2.24, 2.45) is 0 Å². The van der Waals surface area contributed by atoms with Gasteiger partial charge in [-0.1, -0.05) is 30.0 Å². The predicted octanol–water partition coefficient (Wildman–Crippen LogP) is 3.46. The van der Waals surface area contributed by atoms with Crippen molar-refractivity contribution in [1.29, 1.82) is 5.26 Å². The first-order chi connectivity index (χ1) is 11.7. The zero-order chi connectivity index (χ0) is 16.9. The van der Waals surface area contributed by atoms with Crippen molar-refractivity contribution in [3.8, 4) is 23.1 Å². The summed E-state index contributed by atoms with van der Waals surface area (Å²) in [5, 5.41) is 28.6. The van der Waals surface area contributed by atoms with Crippen LogP contribution in [0.25, 0.3) is 17.1 Å². The monoisotopic (exact) mass is 337 g/mol. The average Bonchev–Trinajstić information content (AvgIpc) is 3.04. The van der Waals surface area contributed by atoms with E-state index >= 15 is 0 Å². The van der Waals surface area contributed by atoms with Crippen LogP contribution in [0.1, 0.15) is 0 Å². The lowest BCUT2D eigenvalue weighted by molar-refractivity contribution is -0.384. The first-order valence-corrected chi connectivity index (χ1v) is 7.94. The molecule has 1 heterocycles. The number of nitrogens with zero attached hydrogens (tertiary/aromatic N) is 5. The van der Waals surface area contributed by atoms with Crippen LogP contribution in [0, 0.1) is 21.4 Å². The minimum Gasteiger partial charge on any atom is -0.270 e. The second kappa shape index (κ2) is 6.93. The summed E-state index contributed by atoms with van der Waals surface area (Å²) in [6.45, 7) is 0. The van der Waals surface area contributed by atoms with E-state index in [0.29, 0.717) is 16.5 Å². The van der Waals surface area contributed by atoms with Gasteiger partial charge in [-0.3, -0.25) is 14.7 Å². The Balaban J connectivity index is 2.09. The molecule has 0 amide bonds. The van der Waals surface area contributed by atoms with Gasteiger partial charge in [-0.25, -0.2) is 0 Å². The molecule has 2 aromatic carbocycles. The van der Waals surface area contributed by atoms with Crippen LogP contribution in [0.2, 0.25) is 0 Å². The van der Waals surface area contributed by atoms with E-state index in [1.165, 1.54) is 23.9 Å². The quantitative estimate of drug-likeness (QED) is 0.402. The normalized spacial score (nSPS) is 10.3. The van der Waals surface area contributed by atoms with Crippen molar-refractivity contribution in [2.45, 2.75) is 5.16 Å². The van der Waals surface area contributed by atoms with Crippen LogP contribution in [0.15, 0.2) is 59.8 Å². The Hall–Kier alpha value is -3.18. The van der Waals surface area contributed by atoms with Gasteiger partial charge in [0, 0.05) is 23.4 Å². The maximum atomic E-state index is 10.8. The number of benzene rings is 2. The van der Waals surface area contributed by atoms with E-state index in [2.05, 4.69) is 16.3 Å². The molecule has 0 saturated heterocycles. The van der Waals surface area contributed by atoms with Gasteiger partial charge in [-0.15, -0.1) is 10.2 Å². The lowest BCUT2D eigenvalue weighted by Crippen LogP contribution is -1.99. The van der Waals surface area contributed by atoms with Gasteiger partial charge in [-0.2, -0.15) is 5.26 Å². The van der Waals surface area contributed by atoms with Crippen molar-refractivity contribution < 1.29 is 4.92 Å². The Morgan fingerprint density at radius 3 is 2.46 bits per heavy atom. The predicted molar refractivity (Wildman–Crippen MR) is 89.8 cm³/mol. The Morgan fingerprint density at radius 2 is 1.83 bits per heavy atom. The minimum atomic E-state index is -0.445. The number of para-hydroxylation sites is 1. The van der Waals surface area contributed by atoms with E-state index in [9.17, 15) is 10.1 Å². The number of hydrogen-bond acceptors (Lipinski definition) is 6. The lowest BCUT2D eigenvalue weighted by Gasteiger charge is -2.09. The smallest absolute Gasteiger partial charge is 0.269 e. The molecule has 0 aliphatic carbocycles. The second-order valence-electron chi connectivity index (χ2n) is 4.73.